The van der Waals surface area contributed by atoms with Crippen LogP contribution in [-0.4, -0.2) is 73.0 Å². The van der Waals surface area contributed by atoms with Crippen LogP contribution in [0.5, 0.6) is 0 Å². The Morgan fingerprint density at radius 3 is 2.41 bits per heavy atom. The normalized spacial score (nSPS) is 15.7. The summed E-state index contributed by atoms with van der Waals surface area (Å²) >= 11 is 12.3. The molecule has 5 aliphatic rings. The van der Waals surface area contributed by atoms with Crippen molar-refractivity contribution in [3.63, 3.8) is 0 Å². The maximum absolute atomic E-state index is 14.0. The summed E-state index contributed by atoms with van der Waals surface area (Å²) in [4.78, 5) is 55.6. The second kappa shape index (κ2) is 13.3. The fraction of sp³-hybridized carbons (Fsp3) is 0.150. The zero-order valence-corrected chi connectivity index (χ0v) is 35.0. The van der Waals surface area contributed by atoms with Gasteiger partial charge < -0.3 is 4.98 Å². The van der Waals surface area contributed by atoms with Gasteiger partial charge in [-0.25, -0.2) is 4.98 Å². The number of amidine groups is 4. The molecule has 11 rings (SSSR count). The summed E-state index contributed by atoms with van der Waals surface area (Å²) in [6, 6.07) is 17.7. The quantitative estimate of drug-likeness (QED) is 0.0883. The van der Waals surface area contributed by atoms with Gasteiger partial charge in [-0.2, -0.15) is 0 Å². The Morgan fingerprint density at radius 2 is 1.54 bits per heavy atom. The third kappa shape index (κ3) is 5.53. The molecule has 3 aromatic heterocycles. The topological polar surface area (TPSA) is 142 Å². The van der Waals surface area contributed by atoms with Gasteiger partial charge in [-0.3, -0.25) is 0 Å². The number of allylic oxidation sites excluding steroid dienone is 2. The Balaban J connectivity index is 1.15. The number of benzene rings is 3. The van der Waals surface area contributed by atoms with Crippen molar-refractivity contribution in [2.45, 2.75) is 41.9 Å². The molecule has 272 valence electrons. The minimum absolute atomic E-state index is 0.180. The monoisotopic (exact) mass is 895 g/mol. The molecule has 3 aromatic carbocycles. The molecule has 6 aromatic rings. The van der Waals surface area contributed by atoms with Crippen LogP contribution in [0, 0.1) is 0 Å². The third-order valence-corrected chi connectivity index (χ3v) is 15.0. The number of nitrogens with one attached hydrogen (secondary N) is 2. The van der Waals surface area contributed by atoms with E-state index in [4.69, 9.17) is 55.2 Å². The van der Waals surface area contributed by atoms with Crippen molar-refractivity contribution in [3.8, 4) is 0 Å². The molecule has 56 heavy (non-hydrogen) atoms. The van der Waals surface area contributed by atoms with E-state index in [-0.39, 0.29) is 5.91 Å². The summed E-state index contributed by atoms with van der Waals surface area (Å²) in [6.45, 7) is 0.530. The van der Waals surface area contributed by atoms with Crippen LogP contribution in [0.25, 0.3) is 10.8 Å². The number of fused-ring (bicyclic) bond motifs is 14. The Hall–Kier alpha value is -4.97. The SMILES string of the molecule is O=C(NCCCCc1c[nH]cn1)c1cccc2c1C1=NC2=Nc2c3c(c4[n]2[Sn][n]2c(c5cc(S)ccc5c2=N1)=NC1=NC(=N4)c2ccc(S)cc21)CC(S)=CC3. The number of rotatable bonds is 6. The molecule has 0 saturated heterocycles. The predicted octanol–water partition coefficient (Wildman–Crippen LogP) is 5.28. The first-order valence-electron chi connectivity index (χ1n) is 18.2. The molecule has 1 aliphatic carbocycles. The van der Waals surface area contributed by atoms with E-state index in [0.29, 0.717) is 59.3 Å². The number of hydrogen-bond donors (Lipinski definition) is 5. The number of carbonyl (C=O) groups is 1. The average Bonchev–Trinajstić information content (AvgIpc) is 4.01. The zero-order valence-electron chi connectivity index (χ0n) is 29.4. The van der Waals surface area contributed by atoms with Crippen molar-refractivity contribution in [1.82, 2.24) is 20.9 Å². The minimum atomic E-state index is -1.96. The van der Waals surface area contributed by atoms with Gasteiger partial charge in [0.25, 0.3) is 0 Å². The number of nitrogens with zero attached hydrogens (tertiary/aromatic N) is 9. The fourth-order valence-electron chi connectivity index (χ4n) is 7.92. The summed E-state index contributed by atoms with van der Waals surface area (Å²) in [5.74, 6) is 3.56. The van der Waals surface area contributed by atoms with Gasteiger partial charge in [0.15, 0.2) is 0 Å². The Morgan fingerprint density at radius 1 is 0.768 bits per heavy atom. The number of unbranched alkanes of at least 4 members (excludes halogenated alkanes) is 1. The number of aromatic nitrogens is 4. The summed E-state index contributed by atoms with van der Waals surface area (Å²) in [5.41, 5.74) is 8.31. The van der Waals surface area contributed by atoms with Gasteiger partial charge in [-0.05, 0) is 0 Å². The molecule has 0 saturated carbocycles. The summed E-state index contributed by atoms with van der Waals surface area (Å²) in [5, 5.41) is 4.95. The van der Waals surface area contributed by atoms with Crippen LogP contribution in [0.1, 0.15) is 62.3 Å². The molecule has 0 fully saturated rings. The Bertz CT molecular complexity index is 3040. The first-order valence-corrected chi connectivity index (χ1v) is 22.1. The average molecular weight is 895 g/mol. The van der Waals surface area contributed by atoms with Crippen LogP contribution in [0.15, 0.2) is 118 Å². The van der Waals surface area contributed by atoms with Crippen molar-refractivity contribution in [2.75, 3.05) is 6.54 Å². The number of aryl methyl sites for hydroxylation is 1. The van der Waals surface area contributed by atoms with Crippen molar-refractivity contribution in [1.29, 1.82) is 0 Å². The molecule has 4 aliphatic heterocycles. The van der Waals surface area contributed by atoms with Gasteiger partial charge >= 0.3 is 321 Å². The van der Waals surface area contributed by atoms with Gasteiger partial charge in [0.2, 0.25) is 0 Å². The first kappa shape index (κ1) is 34.3. The van der Waals surface area contributed by atoms with Crippen molar-refractivity contribution in [2.24, 2.45) is 30.0 Å². The van der Waals surface area contributed by atoms with E-state index in [1.54, 1.807) is 6.33 Å². The van der Waals surface area contributed by atoms with E-state index in [9.17, 15) is 4.79 Å². The maximum atomic E-state index is 14.0. The summed E-state index contributed by atoms with van der Waals surface area (Å²) in [7, 11) is 0. The fourth-order valence-corrected chi connectivity index (χ4v) is 12.3. The number of aromatic amines is 1. The van der Waals surface area contributed by atoms with Crippen molar-refractivity contribution >= 4 is 111 Å². The number of imidazole rings is 1. The van der Waals surface area contributed by atoms with Crippen molar-refractivity contribution < 1.29 is 4.79 Å². The molecule has 12 nitrogen and oxygen atoms in total. The summed E-state index contributed by atoms with van der Waals surface area (Å²) in [6.07, 6.45) is 9.58. The van der Waals surface area contributed by atoms with Gasteiger partial charge in [0.1, 0.15) is 0 Å². The van der Waals surface area contributed by atoms with E-state index in [1.807, 2.05) is 60.8 Å². The predicted molar refractivity (Wildman–Crippen MR) is 226 cm³/mol. The van der Waals surface area contributed by atoms with Crippen molar-refractivity contribution in [3.05, 3.63) is 134 Å². The molecule has 1 amide bonds. The van der Waals surface area contributed by atoms with E-state index >= 15 is 0 Å². The van der Waals surface area contributed by atoms with E-state index in [1.165, 1.54) is 0 Å². The number of aliphatic imine (C=N–C) groups is 4. The van der Waals surface area contributed by atoms with Gasteiger partial charge in [0, 0.05) is 6.20 Å². The van der Waals surface area contributed by atoms with Crippen LogP contribution in [-0.2, 0) is 19.3 Å². The first-order chi connectivity index (χ1) is 27.4. The van der Waals surface area contributed by atoms with Crippen LogP contribution in [0.2, 0.25) is 0 Å². The molecule has 2 radical (unpaired) electrons. The Labute approximate surface area is 346 Å². The van der Waals surface area contributed by atoms with Gasteiger partial charge in [-0.1, -0.05) is 0 Å². The van der Waals surface area contributed by atoms with Crippen LogP contribution < -0.4 is 16.3 Å². The standard InChI is InChI=1S/C40H30N11OS3.Sn/c52-40(42-13-2-1-4-19-17-41-18-43-19)27-6-3-5-26-31(27)39-50-34-25-12-9-22(55)16-30(25)38(48-34)49-37-29-15-21(54)8-11-24(29)33(47-37)46-36-28-14-20(53)7-10-23(28)32(45-36)44-35(26)51-39;/h3,5-9,11-12,15-18H,1-2,4,10,13-14H2,(H6-,41,42,43,44,45,46,47,48,49,50,51,52,53,54,55);/q-1;+2/p-1. The molecule has 0 unspecified atom stereocenters. The molecular formula is C40H29N11OS3Sn. The molecule has 0 atom stereocenters. The molecule has 6 bridgehead atoms. The number of thiol groups is 3. The van der Waals surface area contributed by atoms with Gasteiger partial charge in [0.05, 0.1) is 12.0 Å². The summed E-state index contributed by atoms with van der Waals surface area (Å²) < 4.78 is 4.56. The zero-order chi connectivity index (χ0) is 37.7. The molecular weight excluding hydrogens is 865 g/mol. The molecule has 16 heteroatoms. The third-order valence-electron chi connectivity index (χ3n) is 10.6. The van der Waals surface area contributed by atoms with Crippen LogP contribution >= 0.6 is 37.9 Å². The van der Waals surface area contributed by atoms with Crippen LogP contribution in [0.4, 0.5) is 11.6 Å². The molecule has 7 heterocycles. The second-order valence-corrected chi connectivity index (χ2v) is 18.8. The second-order valence-electron chi connectivity index (χ2n) is 14.0. The number of carbonyl (C=O) groups excluding carboxylic acids is 1. The Kier molecular flexibility index (Phi) is 8.15. The van der Waals surface area contributed by atoms with E-state index in [0.717, 1.165) is 95.4 Å². The number of hydrogen-bond acceptors (Lipinski definition) is 11. The van der Waals surface area contributed by atoms with E-state index in [2.05, 4.69) is 39.6 Å². The van der Waals surface area contributed by atoms with Crippen LogP contribution in [0.3, 0.4) is 0 Å². The number of amides is 1. The van der Waals surface area contributed by atoms with Gasteiger partial charge in [-0.15, -0.1) is 0 Å². The molecule has 2 N–H and O–H groups in total. The molecule has 0 spiro atoms. The number of H-pyrrole nitrogens is 1. The van der Waals surface area contributed by atoms with E-state index < -0.39 is 21.7 Å².